The van der Waals surface area contributed by atoms with Crippen LogP contribution in [0.5, 0.6) is 11.5 Å². The molecular formula is C17H18F4IN3O2. The molecule has 27 heavy (non-hydrogen) atoms. The zero-order chi connectivity index (χ0) is 19.0. The first-order chi connectivity index (χ1) is 12.3. The third-order valence-corrected chi connectivity index (χ3v) is 3.04. The van der Waals surface area contributed by atoms with Crippen molar-refractivity contribution in [3.05, 3.63) is 54.3 Å². The average Bonchev–Trinajstić information content (AvgIpc) is 2.57. The van der Waals surface area contributed by atoms with Gasteiger partial charge in [0.05, 0.1) is 12.3 Å². The standard InChI is InChI=1S/C17H17F4N3O2.HI/c18-12-6-8-13(9-7-12)25-11-3-10-23-16(22)24-14-4-1-2-5-15(14)26-17(19,20)21;/h1-2,4-9H,3,10-11H2,(H3,22,23,24);1H. The van der Waals surface area contributed by atoms with Gasteiger partial charge in [-0.25, -0.2) is 4.39 Å². The van der Waals surface area contributed by atoms with Gasteiger partial charge >= 0.3 is 6.36 Å². The van der Waals surface area contributed by atoms with E-state index in [2.05, 4.69) is 15.0 Å². The Bertz CT molecular complexity index is 740. The van der Waals surface area contributed by atoms with E-state index in [1.165, 1.54) is 48.5 Å². The molecule has 0 heterocycles. The van der Waals surface area contributed by atoms with Gasteiger partial charge in [-0.15, -0.1) is 37.1 Å². The van der Waals surface area contributed by atoms with E-state index in [0.717, 1.165) is 0 Å². The van der Waals surface area contributed by atoms with Crippen LogP contribution >= 0.6 is 24.0 Å². The van der Waals surface area contributed by atoms with Gasteiger partial charge in [0.25, 0.3) is 0 Å². The van der Waals surface area contributed by atoms with E-state index >= 15 is 0 Å². The Hall–Kier alpha value is -2.24. The van der Waals surface area contributed by atoms with E-state index in [0.29, 0.717) is 25.3 Å². The van der Waals surface area contributed by atoms with Crippen LogP contribution in [0.2, 0.25) is 0 Å². The van der Waals surface area contributed by atoms with Gasteiger partial charge in [0.2, 0.25) is 0 Å². The summed E-state index contributed by atoms with van der Waals surface area (Å²) in [6.45, 7) is 0.624. The first-order valence-electron chi connectivity index (χ1n) is 7.63. The minimum absolute atomic E-state index is 0. The van der Waals surface area contributed by atoms with E-state index in [1.54, 1.807) is 0 Å². The molecule has 2 rings (SSSR count). The van der Waals surface area contributed by atoms with Crippen molar-refractivity contribution in [2.75, 3.05) is 18.5 Å². The molecule has 2 aromatic carbocycles. The van der Waals surface area contributed by atoms with E-state index in [9.17, 15) is 17.6 Å². The lowest BCUT2D eigenvalue weighted by molar-refractivity contribution is -0.274. The van der Waals surface area contributed by atoms with Gasteiger partial charge in [0, 0.05) is 13.0 Å². The molecular weight excluding hydrogens is 481 g/mol. The number of guanidine groups is 1. The second kappa shape index (κ2) is 10.8. The lowest BCUT2D eigenvalue weighted by Gasteiger charge is -2.14. The number of anilines is 1. The van der Waals surface area contributed by atoms with Crippen molar-refractivity contribution in [2.45, 2.75) is 12.8 Å². The Morgan fingerprint density at radius 3 is 2.41 bits per heavy atom. The van der Waals surface area contributed by atoms with Gasteiger partial charge in [0.1, 0.15) is 11.6 Å². The number of nitrogens with zero attached hydrogens (tertiary/aromatic N) is 1. The van der Waals surface area contributed by atoms with Crippen molar-refractivity contribution in [3.8, 4) is 11.5 Å². The Morgan fingerprint density at radius 2 is 1.74 bits per heavy atom. The van der Waals surface area contributed by atoms with Gasteiger partial charge in [-0.3, -0.25) is 4.99 Å². The van der Waals surface area contributed by atoms with Crippen LogP contribution in [0.3, 0.4) is 0 Å². The van der Waals surface area contributed by atoms with E-state index in [1.807, 2.05) is 0 Å². The fraction of sp³-hybridized carbons (Fsp3) is 0.235. The molecule has 0 fully saturated rings. The highest BCUT2D eigenvalue weighted by molar-refractivity contribution is 14.0. The van der Waals surface area contributed by atoms with Crippen LogP contribution in [0.15, 0.2) is 53.5 Å². The molecule has 3 N–H and O–H groups in total. The number of hydrogen-bond acceptors (Lipinski definition) is 3. The Morgan fingerprint density at radius 1 is 1.07 bits per heavy atom. The summed E-state index contributed by atoms with van der Waals surface area (Å²) in [5, 5.41) is 2.57. The highest BCUT2D eigenvalue weighted by Crippen LogP contribution is 2.29. The number of para-hydroxylation sites is 2. The van der Waals surface area contributed by atoms with Crippen molar-refractivity contribution in [2.24, 2.45) is 10.7 Å². The number of nitrogens with one attached hydrogen (secondary N) is 1. The van der Waals surface area contributed by atoms with Gasteiger partial charge in [0.15, 0.2) is 11.7 Å². The topological polar surface area (TPSA) is 68.9 Å². The summed E-state index contributed by atoms with van der Waals surface area (Å²) in [5.74, 6) is -0.280. The smallest absolute Gasteiger partial charge is 0.494 e. The van der Waals surface area contributed by atoms with Crippen molar-refractivity contribution in [3.63, 3.8) is 0 Å². The number of benzene rings is 2. The van der Waals surface area contributed by atoms with Crippen LogP contribution in [-0.4, -0.2) is 25.5 Å². The molecule has 5 nitrogen and oxygen atoms in total. The minimum atomic E-state index is -4.80. The summed E-state index contributed by atoms with van der Waals surface area (Å²) in [5.41, 5.74) is 5.72. The molecule has 0 amide bonds. The third-order valence-electron chi connectivity index (χ3n) is 3.04. The van der Waals surface area contributed by atoms with E-state index in [-0.39, 0.29) is 41.4 Å². The van der Waals surface area contributed by atoms with Crippen LogP contribution in [0.1, 0.15) is 6.42 Å². The van der Waals surface area contributed by atoms with Crippen molar-refractivity contribution in [1.82, 2.24) is 0 Å². The molecule has 148 valence electrons. The fourth-order valence-corrected chi connectivity index (χ4v) is 1.95. The molecule has 0 atom stereocenters. The summed E-state index contributed by atoms with van der Waals surface area (Å²) in [6.07, 6.45) is -4.29. The number of alkyl halides is 3. The molecule has 0 aliphatic rings. The lowest BCUT2D eigenvalue weighted by atomic mass is 10.3. The summed E-state index contributed by atoms with van der Waals surface area (Å²) in [7, 11) is 0. The molecule has 10 heteroatoms. The highest BCUT2D eigenvalue weighted by Gasteiger charge is 2.32. The predicted molar refractivity (Wildman–Crippen MR) is 105 cm³/mol. The summed E-state index contributed by atoms with van der Waals surface area (Å²) in [4.78, 5) is 4.01. The molecule has 2 aromatic rings. The maximum atomic E-state index is 12.8. The maximum Gasteiger partial charge on any atom is 0.573 e. The number of rotatable bonds is 7. The zero-order valence-electron chi connectivity index (χ0n) is 14.0. The highest BCUT2D eigenvalue weighted by atomic mass is 127. The molecule has 0 saturated heterocycles. The average molecular weight is 499 g/mol. The molecule has 0 spiro atoms. The molecule has 0 bridgehead atoms. The Kier molecular flexibility index (Phi) is 9.12. The zero-order valence-corrected chi connectivity index (χ0v) is 16.3. The maximum absolute atomic E-state index is 12.8. The predicted octanol–water partition coefficient (Wildman–Crippen LogP) is 4.54. The molecule has 0 aliphatic carbocycles. The minimum Gasteiger partial charge on any atom is -0.494 e. The molecule has 0 radical (unpaired) electrons. The lowest BCUT2D eigenvalue weighted by Crippen LogP contribution is -2.24. The summed E-state index contributed by atoms with van der Waals surface area (Å²) < 4.78 is 59.1. The molecule has 0 unspecified atom stereocenters. The molecule has 0 saturated carbocycles. The van der Waals surface area contributed by atoms with Crippen LogP contribution in [-0.2, 0) is 0 Å². The van der Waals surface area contributed by atoms with Crippen LogP contribution in [0, 0.1) is 5.82 Å². The largest absolute Gasteiger partial charge is 0.573 e. The molecule has 0 aliphatic heterocycles. The molecule has 0 aromatic heterocycles. The Balaban J connectivity index is 0.00000364. The quantitative estimate of drug-likeness (QED) is 0.193. The number of ether oxygens (including phenoxy) is 2. The van der Waals surface area contributed by atoms with Crippen molar-refractivity contribution >= 4 is 35.6 Å². The summed E-state index contributed by atoms with van der Waals surface area (Å²) >= 11 is 0. The van der Waals surface area contributed by atoms with Crippen LogP contribution in [0.25, 0.3) is 0 Å². The van der Waals surface area contributed by atoms with Crippen molar-refractivity contribution < 1.29 is 27.0 Å². The van der Waals surface area contributed by atoms with Crippen molar-refractivity contribution in [1.29, 1.82) is 0 Å². The first kappa shape index (κ1) is 22.8. The number of aliphatic imine (C=N–C) groups is 1. The second-order valence-electron chi connectivity index (χ2n) is 5.09. The number of halogens is 5. The normalized spacial score (nSPS) is 11.5. The van der Waals surface area contributed by atoms with Gasteiger partial charge in [-0.05, 0) is 36.4 Å². The van der Waals surface area contributed by atoms with Gasteiger partial charge in [-0.2, -0.15) is 0 Å². The van der Waals surface area contributed by atoms with E-state index in [4.69, 9.17) is 10.5 Å². The Labute approximate surface area is 170 Å². The third kappa shape index (κ3) is 8.80. The monoisotopic (exact) mass is 499 g/mol. The fourth-order valence-electron chi connectivity index (χ4n) is 1.95. The van der Waals surface area contributed by atoms with Crippen LogP contribution < -0.4 is 20.5 Å². The second-order valence-corrected chi connectivity index (χ2v) is 5.09. The van der Waals surface area contributed by atoms with Gasteiger partial charge in [-0.1, -0.05) is 12.1 Å². The van der Waals surface area contributed by atoms with Crippen LogP contribution in [0.4, 0.5) is 23.2 Å². The number of hydrogen-bond donors (Lipinski definition) is 2. The first-order valence-corrected chi connectivity index (χ1v) is 7.63. The van der Waals surface area contributed by atoms with E-state index < -0.39 is 12.1 Å². The SMILES string of the molecule is I.NC(=NCCCOc1ccc(F)cc1)Nc1ccccc1OC(F)(F)F. The van der Waals surface area contributed by atoms with Gasteiger partial charge < -0.3 is 20.5 Å². The summed E-state index contributed by atoms with van der Waals surface area (Å²) in [6, 6.07) is 11.1. The number of nitrogens with two attached hydrogens (primary N) is 1.